The first-order chi connectivity index (χ1) is 8.73. The van der Waals surface area contributed by atoms with Crippen molar-refractivity contribution in [3.63, 3.8) is 0 Å². The zero-order valence-corrected chi connectivity index (χ0v) is 9.73. The van der Waals surface area contributed by atoms with E-state index in [1.807, 2.05) is 0 Å². The normalized spacial score (nSPS) is 20.9. The summed E-state index contributed by atoms with van der Waals surface area (Å²) < 4.78 is 13.6. The molecule has 2 rings (SSSR count). The molecule has 0 aromatic heterocycles. The van der Waals surface area contributed by atoms with Crippen LogP contribution in [0.2, 0.25) is 0 Å². The van der Waals surface area contributed by atoms with E-state index in [1.54, 1.807) is 12.1 Å². The Labute approximate surface area is 104 Å². The van der Waals surface area contributed by atoms with Crippen LogP contribution in [0.1, 0.15) is 17.5 Å². The van der Waals surface area contributed by atoms with Crippen molar-refractivity contribution in [2.75, 3.05) is 13.1 Å². The van der Waals surface area contributed by atoms with Crippen molar-refractivity contribution in [3.05, 3.63) is 45.6 Å². The first-order valence-electron chi connectivity index (χ1n) is 5.68. The Hall–Kier alpha value is -2.09. The number of hydrogen-bond acceptors (Lipinski definition) is 3. The lowest BCUT2D eigenvalue weighted by Gasteiger charge is -2.23. The van der Waals surface area contributed by atoms with Crippen molar-refractivity contribution < 1.29 is 4.39 Å². The number of nitrogens with one attached hydrogen (secondary N) is 1. The molecule has 1 unspecified atom stereocenters. The Kier molecular flexibility index (Phi) is 3.47. The summed E-state index contributed by atoms with van der Waals surface area (Å²) in [7, 11) is 0. The molecule has 6 heteroatoms. The second-order valence-corrected chi connectivity index (χ2v) is 4.16. The number of fused-ring (bicyclic) bond motifs is 1. The lowest BCUT2D eigenvalue weighted by Crippen LogP contribution is -2.40. The van der Waals surface area contributed by atoms with Gasteiger partial charge >= 0.3 is 0 Å². The topological polar surface area (TPSA) is 84.6 Å². The lowest BCUT2D eigenvalue weighted by atomic mass is 9.93. The van der Waals surface area contributed by atoms with Crippen LogP contribution in [0.3, 0.4) is 0 Å². The van der Waals surface area contributed by atoms with E-state index in [-0.39, 0.29) is 12.4 Å². The molecular formula is C12H12FN5. The average Bonchev–Trinajstić information content (AvgIpc) is 2.76. The third-order valence-corrected chi connectivity index (χ3v) is 3.22. The summed E-state index contributed by atoms with van der Waals surface area (Å²) in [5, 5.41) is 15.8. The highest BCUT2D eigenvalue weighted by molar-refractivity contribution is 5.44. The fourth-order valence-corrected chi connectivity index (χ4v) is 2.36. The van der Waals surface area contributed by atoms with E-state index in [0.29, 0.717) is 30.5 Å². The third kappa shape index (κ3) is 2.02. The molecule has 1 atom stereocenters. The minimum atomic E-state index is -0.859. The van der Waals surface area contributed by atoms with Gasteiger partial charge in [0.05, 0.1) is 6.07 Å². The fraction of sp³-hybridized carbons (Fsp3) is 0.417. The number of nitriles is 1. The van der Waals surface area contributed by atoms with Crippen LogP contribution in [-0.2, 0) is 12.0 Å². The molecule has 0 amide bonds. The van der Waals surface area contributed by atoms with Gasteiger partial charge in [0.15, 0.2) is 0 Å². The highest BCUT2D eigenvalue weighted by Crippen LogP contribution is 2.37. The van der Waals surface area contributed by atoms with Crippen molar-refractivity contribution in [1.29, 1.82) is 5.26 Å². The number of hydrogen-bond donors (Lipinski definition) is 1. The SMILES string of the molecule is N#CC1(NCCN=[N+]=[N-])CCc2c(F)cccc21. The van der Waals surface area contributed by atoms with Crippen molar-refractivity contribution in [1.82, 2.24) is 5.32 Å². The van der Waals surface area contributed by atoms with Crippen LogP contribution in [0.4, 0.5) is 4.39 Å². The minimum absolute atomic E-state index is 0.263. The van der Waals surface area contributed by atoms with Crippen molar-refractivity contribution in [2.24, 2.45) is 5.11 Å². The van der Waals surface area contributed by atoms with Crippen molar-refractivity contribution in [2.45, 2.75) is 18.4 Å². The molecule has 5 nitrogen and oxygen atoms in total. The maximum Gasteiger partial charge on any atom is 0.132 e. The zero-order chi connectivity index (χ0) is 13.0. The van der Waals surface area contributed by atoms with Gasteiger partial charge in [-0.3, -0.25) is 5.32 Å². The van der Waals surface area contributed by atoms with Crippen molar-refractivity contribution >= 4 is 0 Å². The summed E-state index contributed by atoms with van der Waals surface area (Å²) in [6.45, 7) is 0.665. The summed E-state index contributed by atoms with van der Waals surface area (Å²) in [6, 6.07) is 7.02. The minimum Gasteiger partial charge on any atom is -0.296 e. The van der Waals surface area contributed by atoms with Crippen molar-refractivity contribution in [3.8, 4) is 6.07 Å². The molecule has 0 radical (unpaired) electrons. The lowest BCUT2D eigenvalue weighted by molar-refractivity contribution is 0.431. The van der Waals surface area contributed by atoms with Crippen LogP contribution in [-0.4, -0.2) is 13.1 Å². The van der Waals surface area contributed by atoms with E-state index < -0.39 is 5.54 Å². The second kappa shape index (κ2) is 5.05. The second-order valence-electron chi connectivity index (χ2n) is 4.16. The molecule has 18 heavy (non-hydrogen) atoms. The van der Waals surface area contributed by atoms with Crippen LogP contribution in [0.15, 0.2) is 23.3 Å². The molecule has 0 bridgehead atoms. The van der Waals surface area contributed by atoms with Gasteiger partial charge in [-0.2, -0.15) is 5.26 Å². The van der Waals surface area contributed by atoms with E-state index in [9.17, 15) is 9.65 Å². The van der Waals surface area contributed by atoms with Gasteiger partial charge in [-0.25, -0.2) is 4.39 Å². The molecule has 0 spiro atoms. The number of halogens is 1. The van der Waals surface area contributed by atoms with E-state index in [4.69, 9.17) is 5.53 Å². The number of benzene rings is 1. The summed E-state index contributed by atoms with van der Waals surface area (Å²) in [6.07, 6.45) is 1.08. The van der Waals surface area contributed by atoms with Crippen LogP contribution in [0, 0.1) is 17.1 Å². The van der Waals surface area contributed by atoms with Gasteiger partial charge in [-0.15, -0.1) is 0 Å². The smallest absolute Gasteiger partial charge is 0.132 e. The molecule has 92 valence electrons. The van der Waals surface area contributed by atoms with E-state index >= 15 is 0 Å². The van der Waals surface area contributed by atoms with Gasteiger partial charge in [0.1, 0.15) is 11.4 Å². The number of nitrogens with zero attached hydrogens (tertiary/aromatic N) is 4. The summed E-state index contributed by atoms with van der Waals surface area (Å²) in [5.74, 6) is -0.263. The largest absolute Gasteiger partial charge is 0.296 e. The molecule has 1 N–H and O–H groups in total. The van der Waals surface area contributed by atoms with Gasteiger partial charge in [-0.1, -0.05) is 17.2 Å². The molecule has 0 saturated heterocycles. The van der Waals surface area contributed by atoms with Gasteiger partial charge in [0, 0.05) is 18.0 Å². The Morgan fingerprint density at radius 1 is 1.61 bits per heavy atom. The maximum atomic E-state index is 13.6. The van der Waals surface area contributed by atoms with Crippen LogP contribution in [0.25, 0.3) is 10.4 Å². The predicted octanol–water partition coefficient (Wildman–Crippen LogP) is 2.39. The van der Waals surface area contributed by atoms with Crippen LogP contribution < -0.4 is 5.32 Å². The average molecular weight is 245 g/mol. The number of azide groups is 1. The van der Waals surface area contributed by atoms with E-state index in [1.165, 1.54) is 6.07 Å². The number of rotatable bonds is 4. The van der Waals surface area contributed by atoms with Gasteiger partial charge < -0.3 is 0 Å². The molecule has 1 aromatic carbocycles. The molecule has 1 aromatic rings. The van der Waals surface area contributed by atoms with Gasteiger partial charge in [0.25, 0.3) is 0 Å². The zero-order valence-electron chi connectivity index (χ0n) is 9.73. The summed E-state index contributed by atoms with van der Waals surface area (Å²) in [4.78, 5) is 2.65. The third-order valence-electron chi connectivity index (χ3n) is 3.22. The molecule has 1 aliphatic rings. The summed E-state index contributed by atoms with van der Waals surface area (Å²) >= 11 is 0. The van der Waals surface area contributed by atoms with Crippen LogP contribution in [0.5, 0.6) is 0 Å². The quantitative estimate of drug-likeness (QED) is 0.382. The highest BCUT2D eigenvalue weighted by Gasteiger charge is 2.39. The Bertz CT molecular complexity index is 544. The summed E-state index contributed by atoms with van der Waals surface area (Å²) in [5.41, 5.74) is 8.64. The van der Waals surface area contributed by atoms with Gasteiger partial charge in [-0.05, 0) is 35.6 Å². The first-order valence-corrected chi connectivity index (χ1v) is 5.68. The molecular weight excluding hydrogens is 233 g/mol. The molecule has 0 saturated carbocycles. The standard InChI is InChI=1S/C12H12FN5/c13-11-3-1-2-10-9(11)4-5-12(10,8-14)16-6-7-17-18-15/h1-3,16H,4-7H2. The molecule has 0 fully saturated rings. The molecule has 1 aliphatic carbocycles. The highest BCUT2D eigenvalue weighted by atomic mass is 19.1. The predicted molar refractivity (Wildman–Crippen MR) is 64.0 cm³/mol. The Balaban J connectivity index is 2.24. The Morgan fingerprint density at radius 2 is 2.44 bits per heavy atom. The fourth-order valence-electron chi connectivity index (χ4n) is 2.36. The Morgan fingerprint density at radius 3 is 3.17 bits per heavy atom. The first kappa shape index (κ1) is 12.4. The molecule has 0 aliphatic heterocycles. The van der Waals surface area contributed by atoms with Crippen LogP contribution >= 0.6 is 0 Å². The van der Waals surface area contributed by atoms with Gasteiger partial charge in [0.2, 0.25) is 0 Å². The monoisotopic (exact) mass is 245 g/mol. The molecule has 0 heterocycles. The maximum absolute atomic E-state index is 13.6. The van der Waals surface area contributed by atoms with E-state index in [2.05, 4.69) is 21.4 Å². The van der Waals surface area contributed by atoms with E-state index in [0.717, 1.165) is 0 Å².